The fraction of sp³-hybridized carbons (Fsp3) is 0.714. The summed E-state index contributed by atoms with van der Waals surface area (Å²) in [6.45, 7) is 4.37. The topological polar surface area (TPSA) is 193 Å². The van der Waals surface area contributed by atoms with Crippen LogP contribution in [0, 0.1) is 0 Å². The number of nitrogens with one attached hydrogen (secondary N) is 1. The number of piperidine rings is 1. The van der Waals surface area contributed by atoms with E-state index in [0.29, 0.717) is 5.06 Å². The van der Waals surface area contributed by atoms with Gasteiger partial charge in [-0.05, 0) is 20.8 Å². The summed E-state index contributed by atoms with van der Waals surface area (Å²) >= 11 is 0. The zero-order chi connectivity index (χ0) is 22.0. The average molecular weight is 459 g/mol. The number of primary amides is 1. The number of hydroxylamine groups is 2. The molecule has 2 atom stereocenters. The Morgan fingerprint density at radius 3 is 2.53 bits per heavy atom. The number of oxime groups is 1. The Kier molecular flexibility index (Phi) is 8.89. The Hall–Kier alpha value is -1.65. The zero-order valence-corrected chi connectivity index (χ0v) is 19.8. The molecule has 0 saturated carbocycles. The molecule has 0 aromatic heterocycles. The molecule has 16 heteroatoms. The zero-order valence-electron chi connectivity index (χ0n) is 17.0. The number of hydrogen-bond acceptors (Lipinski definition) is 10. The first-order valence-electron chi connectivity index (χ1n) is 8.46. The molecule has 2 saturated heterocycles. The van der Waals surface area contributed by atoms with Crippen LogP contribution in [0.2, 0.25) is 0 Å². The van der Waals surface area contributed by atoms with E-state index in [1.165, 1.54) is 4.90 Å². The van der Waals surface area contributed by atoms with Gasteiger partial charge in [-0.1, -0.05) is 5.16 Å². The minimum atomic E-state index is -5.23. The Balaban J connectivity index is 0.00000450. The van der Waals surface area contributed by atoms with E-state index in [1.807, 2.05) is 0 Å². The molecule has 0 unspecified atom stereocenters. The number of amides is 4. The molecule has 4 amide bonds. The minimum Gasteiger partial charge on any atom is -0.724 e. The Bertz CT molecular complexity index is 813. The van der Waals surface area contributed by atoms with Crippen molar-refractivity contribution in [3.63, 3.8) is 0 Å². The van der Waals surface area contributed by atoms with Crippen LogP contribution in [0.4, 0.5) is 9.59 Å². The molecular formula is C14H22N5NaO9S. The maximum absolute atomic E-state index is 12.5. The summed E-state index contributed by atoms with van der Waals surface area (Å²) in [6.07, 6.45) is -0.672. The number of hydrogen-bond donors (Lipinski definition) is 2. The van der Waals surface area contributed by atoms with E-state index in [4.69, 9.17) is 15.3 Å². The molecule has 164 valence electrons. The minimum absolute atomic E-state index is 0. The van der Waals surface area contributed by atoms with Gasteiger partial charge in [-0.2, -0.15) is 9.35 Å². The van der Waals surface area contributed by atoms with Crippen molar-refractivity contribution in [1.29, 1.82) is 0 Å². The van der Waals surface area contributed by atoms with Crippen molar-refractivity contribution in [1.82, 2.24) is 15.3 Å². The standard InChI is InChI=1S/C14H23N5O9S.Na/c1-14(2,3)27-12(21)16-5-8-4-9(17-26-7-11(15)20)10-6-18(8)13(22)19(10)28-29(23,24)25;/h8,10H,4-7H2,1-3H3,(H2,15,20)(H,16,21)(H,23,24,25);/q;+1/p-1/t8-,10-;/m0./s1. The van der Waals surface area contributed by atoms with Crippen LogP contribution < -0.4 is 40.6 Å². The van der Waals surface area contributed by atoms with Gasteiger partial charge in [-0.25, -0.2) is 18.0 Å². The quantitative estimate of drug-likeness (QED) is 0.164. The molecule has 2 fully saturated rings. The second-order valence-electron chi connectivity index (χ2n) is 7.32. The van der Waals surface area contributed by atoms with E-state index in [1.54, 1.807) is 20.8 Å². The SMILES string of the molecule is CC(C)(C)OC(=O)NC[C@@H]1CC(=NOCC(N)=O)[C@@H]2CN1C(=O)N2OS(=O)(=O)[O-].[Na+]. The van der Waals surface area contributed by atoms with Crippen LogP contribution in [-0.4, -0.2) is 84.1 Å². The van der Waals surface area contributed by atoms with Gasteiger partial charge in [0, 0.05) is 13.0 Å². The van der Waals surface area contributed by atoms with Gasteiger partial charge in [0.25, 0.3) is 5.91 Å². The first kappa shape index (κ1) is 26.4. The third kappa shape index (κ3) is 7.55. The van der Waals surface area contributed by atoms with Crippen molar-refractivity contribution in [3.05, 3.63) is 0 Å². The largest absolute Gasteiger partial charge is 1.00 e. The first-order chi connectivity index (χ1) is 13.3. The predicted octanol–water partition coefficient (Wildman–Crippen LogP) is -4.36. The summed E-state index contributed by atoms with van der Waals surface area (Å²) in [7, 11) is -5.23. The third-order valence-electron chi connectivity index (χ3n) is 3.80. The molecule has 30 heavy (non-hydrogen) atoms. The van der Waals surface area contributed by atoms with Crippen LogP contribution in [0.3, 0.4) is 0 Å². The molecule has 3 N–H and O–H groups in total. The molecule has 0 aromatic carbocycles. The smallest absolute Gasteiger partial charge is 0.724 e. The number of carbonyl (C=O) groups is 3. The molecule has 0 aromatic rings. The van der Waals surface area contributed by atoms with Crippen molar-refractivity contribution < 1.29 is 70.8 Å². The van der Waals surface area contributed by atoms with Crippen LogP contribution in [0.1, 0.15) is 27.2 Å². The van der Waals surface area contributed by atoms with Crippen molar-refractivity contribution in [3.8, 4) is 0 Å². The summed E-state index contributed by atoms with van der Waals surface area (Å²) < 4.78 is 42.3. The van der Waals surface area contributed by atoms with Gasteiger partial charge in [0.2, 0.25) is 10.4 Å². The molecule has 0 spiro atoms. The van der Waals surface area contributed by atoms with Gasteiger partial charge in [-0.15, -0.1) is 0 Å². The second kappa shape index (κ2) is 10.1. The van der Waals surface area contributed by atoms with Gasteiger partial charge in [-0.3, -0.25) is 4.79 Å². The molecule has 14 nitrogen and oxygen atoms in total. The molecule has 2 bridgehead atoms. The van der Waals surface area contributed by atoms with Crippen molar-refractivity contribution >= 4 is 34.1 Å². The first-order valence-corrected chi connectivity index (χ1v) is 9.79. The van der Waals surface area contributed by atoms with Crippen molar-refractivity contribution in [2.75, 3.05) is 19.7 Å². The maximum atomic E-state index is 12.5. The number of ether oxygens (including phenoxy) is 1. The van der Waals surface area contributed by atoms with E-state index in [-0.39, 0.29) is 54.8 Å². The summed E-state index contributed by atoms with van der Waals surface area (Å²) in [5.41, 5.74) is 4.37. The second-order valence-corrected chi connectivity index (χ2v) is 8.29. The van der Waals surface area contributed by atoms with Crippen LogP contribution in [0.15, 0.2) is 5.16 Å². The monoisotopic (exact) mass is 459 g/mol. The number of alkyl carbamates (subject to hydrolysis) is 1. The fourth-order valence-electron chi connectivity index (χ4n) is 2.79. The molecule has 0 aliphatic carbocycles. The van der Waals surface area contributed by atoms with Crippen LogP contribution >= 0.6 is 0 Å². The van der Waals surface area contributed by atoms with E-state index in [2.05, 4.69) is 14.8 Å². The number of rotatable bonds is 7. The molecule has 0 radical (unpaired) electrons. The van der Waals surface area contributed by atoms with E-state index in [0.717, 1.165) is 0 Å². The van der Waals surface area contributed by atoms with E-state index >= 15 is 0 Å². The average Bonchev–Trinajstić information content (AvgIpc) is 2.79. The Morgan fingerprint density at radius 2 is 2.00 bits per heavy atom. The van der Waals surface area contributed by atoms with Crippen LogP contribution in [0.5, 0.6) is 0 Å². The van der Waals surface area contributed by atoms with E-state index in [9.17, 15) is 27.4 Å². The summed E-state index contributed by atoms with van der Waals surface area (Å²) in [6, 6.07) is -2.59. The molecule has 2 aliphatic rings. The van der Waals surface area contributed by atoms with Gasteiger partial charge < -0.3 is 30.1 Å². The molecular weight excluding hydrogens is 437 g/mol. The summed E-state index contributed by atoms with van der Waals surface area (Å²) in [5, 5.41) is 6.61. The number of nitrogens with two attached hydrogens (primary N) is 1. The Labute approximate surface area is 195 Å². The van der Waals surface area contributed by atoms with Gasteiger partial charge >= 0.3 is 41.7 Å². The van der Waals surface area contributed by atoms with Gasteiger partial charge in [0.1, 0.15) is 11.6 Å². The number of nitrogens with zero attached hydrogens (tertiary/aromatic N) is 3. The number of fused-ring (bicyclic) bond motifs is 2. The van der Waals surface area contributed by atoms with E-state index < -0.39 is 52.7 Å². The van der Waals surface area contributed by atoms with Gasteiger partial charge in [0.05, 0.1) is 18.3 Å². The van der Waals surface area contributed by atoms with Crippen molar-refractivity contribution in [2.24, 2.45) is 10.9 Å². The molecule has 2 rings (SSSR count). The summed E-state index contributed by atoms with van der Waals surface area (Å²) in [4.78, 5) is 41.2. The fourth-order valence-corrected chi connectivity index (χ4v) is 3.15. The predicted molar refractivity (Wildman–Crippen MR) is 93.7 cm³/mol. The van der Waals surface area contributed by atoms with Crippen LogP contribution in [-0.2, 0) is 29.1 Å². The Morgan fingerprint density at radius 1 is 1.37 bits per heavy atom. The summed E-state index contributed by atoms with van der Waals surface area (Å²) in [5.74, 6) is -0.798. The molecule has 2 aliphatic heterocycles. The normalized spacial score (nSPS) is 22.5. The number of urea groups is 1. The third-order valence-corrected chi connectivity index (χ3v) is 4.14. The number of carbonyl (C=O) groups excluding carboxylic acids is 3. The maximum Gasteiger partial charge on any atom is 1.00 e. The van der Waals surface area contributed by atoms with Gasteiger partial charge in [0.15, 0.2) is 6.61 Å². The van der Waals surface area contributed by atoms with Crippen LogP contribution in [0.25, 0.3) is 0 Å². The molecule has 2 heterocycles. The van der Waals surface area contributed by atoms with Crippen molar-refractivity contribution in [2.45, 2.75) is 44.9 Å².